The number of hydrogen-bond acceptors (Lipinski definition) is 4. The summed E-state index contributed by atoms with van der Waals surface area (Å²) in [6, 6.07) is 3.48. The van der Waals surface area contributed by atoms with Crippen molar-refractivity contribution in [2.45, 2.75) is 23.8 Å². The largest absolute Gasteiger partial charge is 0.384 e. The number of benzene rings is 1. The molecule has 7 heteroatoms. The van der Waals surface area contributed by atoms with Crippen molar-refractivity contribution in [2.24, 2.45) is 0 Å². The quantitative estimate of drug-likeness (QED) is 0.803. The molecule has 1 aromatic rings. The van der Waals surface area contributed by atoms with Crippen molar-refractivity contribution < 1.29 is 22.7 Å². The first-order valence-electron chi connectivity index (χ1n) is 6.37. The van der Waals surface area contributed by atoms with Crippen molar-refractivity contribution in [2.75, 3.05) is 19.8 Å². The number of ether oxygens (including phenoxy) is 1. The Morgan fingerprint density at radius 2 is 2.29 bits per heavy atom. The second-order valence-electron chi connectivity index (χ2n) is 5.07. The van der Waals surface area contributed by atoms with Crippen LogP contribution in [0.25, 0.3) is 0 Å². The van der Waals surface area contributed by atoms with Crippen LogP contribution in [0.5, 0.6) is 0 Å². The summed E-state index contributed by atoms with van der Waals surface area (Å²) < 4.78 is 46.1. The van der Waals surface area contributed by atoms with E-state index < -0.39 is 21.4 Å². The fourth-order valence-corrected chi connectivity index (χ4v) is 3.46. The van der Waals surface area contributed by atoms with Crippen molar-refractivity contribution >= 4 is 10.0 Å². The average Bonchev–Trinajstić information content (AvgIpc) is 2.82. The number of hydrogen-bond donors (Lipinski definition) is 2. The molecule has 1 unspecified atom stereocenters. The maximum Gasteiger partial charge on any atom is 0.241 e. The van der Waals surface area contributed by atoms with Crippen LogP contribution < -0.4 is 4.72 Å². The van der Waals surface area contributed by atoms with Gasteiger partial charge in [-0.1, -0.05) is 11.8 Å². The van der Waals surface area contributed by atoms with Gasteiger partial charge < -0.3 is 9.84 Å². The normalized spacial score (nSPS) is 21.9. The van der Waals surface area contributed by atoms with Crippen LogP contribution in [-0.2, 0) is 14.8 Å². The number of halogens is 1. The maximum absolute atomic E-state index is 13.8. The van der Waals surface area contributed by atoms with E-state index in [0.717, 1.165) is 6.07 Å². The third-order valence-electron chi connectivity index (χ3n) is 3.15. The van der Waals surface area contributed by atoms with E-state index in [1.54, 1.807) is 6.92 Å². The minimum Gasteiger partial charge on any atom is -0.384 e. The highest BCUT2D eigenvalue weighted by molar-refractivity contribution is 7.89. The summed E-state index contributed by atoms with van der Waals surface area (Å²) in [7, 11) is -3.83. The van der Waals surface area contributed by atoms with Gasteiger partial charge in [0.1, 0.15) is 12.4 Å². The molecular formula is C14H16FNO4S. The summed E-state index contributed by atoms with van der Waals surface area (Å²) in [4.78, 5) is -0.164. The van der Waals surface area contributed by atoms with E-state index in [-0.39, 0.29) is 23.7 Å². The first kappa shape index (κ1) is 15.9. The molecule has 0 radical (unpaired) electrons. The Hall–Kier alpha value is -1.46. The van der Waals surface area contributed by atoms with Gasteiger partial charge in [-0.15, -0.1) is 0 Å². The Labute approximate surface area is 123 Å². The van der Waals surface area contributed by atoms with Crippen molar-refractivity contribution in [1.29, 1.82) is 0 Å². The molecule has 1 fully saturated rings. The molecule has 1 atom stereocenters. The second-order valence-corrected chi connectivity index (χ2v) is 6.75. The van der Waals surface area contributed by atoms with Gasteiger partial charge in [0.15, 0.2) is 0 Å². The molecule has 1 saturated heterocycles. The molecule has 114 valence electrons. The lowest BCUT2D eigenvalue weighted by Crippen LogP contribution is -2.46. The summed E-state index contributed by atoms with van der Waals surface area (Å²) >= 11 is 0. The van der Waals surface area contributed by atoms with Crippen LogP contribution in [0.3, 0.4) is 0 Å². The molecular weight excluding hydrogens is 297 g/mol. The van der Waals surface area contributed by atoms with Crippen LogP contribution in [0.15, 0.2) is 23.1 Å². The Morgan fingerprint density at radius 3 is 2.86 bits per heavy atom. The molecule has 0 aliphatic carbocycles. The predicted molar refractivity (Wildman–Crippen MR) is 74.5 cm³/mol. The van der Waals surface area contributed by atoms with Crippen LogP contribution in [0, 0.1) is 17.7 Å². The summed E-state index contributed by atoms with van der Waals surface area (Å²) in [6.45, 7) is 2.13. The van der Waals surface area contributed by atoms with Gasteiger partial charge >= 0.3 is 0 Å². The SMILES string of the molecule is CC1(NS(=O)(=O)c2ccc(C#CCO)c(F)c2)CCOC1. The van der Waals surface area contributed by atoms with Gasteiger partial charge in [-0.25, -0.2) is 17.5 Å². The maximum atomic E-state index is 13.8. The van der Waals surface area contributed by atoms with Crippen molar-refractivity contribution in [3.63, 3.8) is 0 Å². The highest BCUT2D eigenvalue weighted by Gasteiger charge is 2.34. The number of nitrogens with one attached hydrogen (secondary N) is 1. The second kappa shape index (κ2) is 6.12. The van der Waals surface area contributed by atoms with Gasteiger partial charge in [-0.05, 0) is 31.5 Å². The van der Waals surface area contributed by atoms with Crippen LogP contribution in [0.1, 0.15) is 18.9 Å². The van der Waals surface area contributed by atoms with Gasteiger partial charge in [0.25, 0.3) is 0 Å². The van der Waals surface area contributed by atoms with Gasteiger partial charge in [-0.3, -0.25) is 0 Å². The van der Waals surface area contributed by atoms with E-state index in [4.69, 9.17) is 9.84 Å². The van der Waals surface area contributed by atoms with Gasteiger partial charge in [0.05, 0.1) is 22.6 Å². The van der Waals surface area contributed by atoms with Gasteiger partial charge in [0, 0.05) is 6.61 Å². The molecule has 0 aromatic heterocycles. The van der Waals surface area contributed by atoms with Crippen LogP contribution >= 0.6 is 0 Å². The lowest BCUT2D eigenvalue weighted by Gasteiger charge is -2.23. The molecule has 21 heavy (non-hydrogen) atoms. The molecule has 5 nitrogen and oxygen atoms in total. The molecule has 1 aliphatic rings. The van der Waals surface area contributed by atoms with Crippen molar-refractivity contribution in [1.82, 2.24) is 4.72 Å². The Bertz CT molecular complexity index is 685. The van der Waals surface area contributed by atoms with E-state index in [1.165, 1.54) is 12.1 Å². The highest BCUT2D eigenvalue weighted by atomic mass is 32.2. The minimum absolute atomic E-state index is 0.0402. The van der Waals surface area contributed by atoms with E-state index >= 15 is 0 Å². The first-order chi connectivity index (χ1) is 9.86. The molecule has 1 aromatic carbocycles. The number of rotatable bonds is 3. The van der Waals surface area contributed by atoms with Crippen LogP contribution in [0.2, 0.25) is 0 Å². The molecule has 0 bridgehead atoms. The summed E-state index contributed by atoms with van der Waals surface area (Å²) in [5.41, 5.74) is -0.636. The van der Waals surface area contributed by atoms with Crippen LogP contribution in [0.4, 0.5) is 4.39 Å². The Kier molecular flexibility index (Phi) is 4.64. The fourth-order valence-electron chi connectivity index (χ4n) is 2.03. The summed E-state index contributed by atoms with van der Waals surface area (Å²) in [6.07, 6.45) is 0.564. The average molecular weight is 313 g/mol. The van der Waals surface area contributed by atoms with Crippen LogP contribution in [-0.4, -0.2) is 38.9 Å². The molecule has 1 heterocycles. The molecule has 1 aliphatic heterocycles. The zero-order valence-corrected chi connectivity index (χ0v) is 12.3. The molecule has 2 rings (SSSR count). The van der Waals surface area contributed by atoms with Gasteiger partial charge in [-0.2, -0.15) is 0 Å². The van der Waals surface area contributed by atoms with E-state index in [0.29, 0.717) is 13.0 Å². The monoisotopic (exact) mass is 313 g/mol. The first-order valence-corrected chi connectivity index (χ1v) is 7.86. The lowest BCUT2D eigenvalue weighted by molar-refractivity contribution is 0.178. The highest BCUT2D eigenvalue weighted by Crippen LogP contribution is 2.22. The topological polar surface area (TPSA) is 75.6 Å². The number of aliphatic hydroxyl groups excluding tert-OH is 1. The third-order valence-corrected chi connectivity index (χ3v) is 4.79. The molecule has 0 amide bonds. The Balaban J connectivity index is 2.26. The standard InChI is InChI=1S/C14H16FNO4S/c1-14(6-8-20-10-14)16-21(18,19)12-5-4-11(3-2-7-17)13(15)9-12/h4-5,9,16-17H,6-8,10H2,1H3. The third kappa shape index (κ3) is 3.80. The van der Waals surface area contributed by atoms with Crippen molar-refractivity contribution in [3.05, 3.63) is 29.6 Å². The van der Waals surface area contributed by atoms with E-state index in [9.17, 15) is 12.8 Å². The molecule has 0 saturated carbocycles. The van der Waals surface area contributed by atoms with Gasteiger partial charge in [0.2, 0.25) is 10.0 Å². The predicted octanol–water partition coefficient (Wildman–Crippen LogP) is 0.627. The zero-order valence-electron chi connectivity index (χ0n) is 11.5. The summed E-state index contributed by atoms with van der Waals surface area (Å²) in [5.74, 6) is 3.98. The minimum atomic E-state index is -3.83. The number of aliphatic hydroxyl groups is 1. The molecule has 2 N–H and O–H groups in total. The molecule has 0 spiro atoms. The smallest absolute Gasteiger partial charge is 0.241 e. The van der Waals surface area contributed by atoms with E-state index in [1.807, 2.05) is 0 Å². The number of sulfonamides is 1. The zero-order chi connectivity index (χ0) is 15.5. The van der Waals surface area contributed by atoms with E-state index in [2.05, 4.69) is 16.6 Å². The van der Waals surface area contributed by atoms with Crippen molar-refractivity contribution in [3.8, 4) is 11.8 Å². The Morgan fingerprint density at radius 1 is 1.52 bits per heavy atom. The summed E-state index contributed by atoms with van der Waals surface area (Å²) in [5, 5.41) is 8.58. The fraction of sp³-hybridized carbons (Fsp3) is 0.429. The lowest BCUT2D eigenvalue weighted by atomic mass is 10.0.